The Hall–Kier alpha value is -2.30. The van der Waals surface area contributed by atoms with E-state index in [1.165, 1.54) is 13.0 Å². The van der Waals surface area contributed by atoms with Crippen LogP contribution in [-0.2, 0) is 16.0 Å². The lowest BCUT2D eigenvalue weighted by molar-refractivity contribution is -0.161. The highest BCUT2D eigenvalue weighted by Gasteiger charge is 2.39. The first-order valence-corrected chi connectivity index (χ1v) is 6.78. The van der Waals surface area contributed by atoms with E-state index < -0.39 is 11.2 Å². The highest BCUT2D eigenvalue weighted by atomic mass is 16.6. The van der Waals surface area contributed by atoms with Gasteiger partial charge in [0.15, 0.2) is 0 Å². The van der Waals surface area contributed by atoms with Crippen molar-refractivity contribution in [2.24, 2.45) is 0 Å². The molecule has 3 rings (SSSR count). The lowest BCUT2D eigenvalue weighted by atomic mass is 9.96. The minimum Gasteiger partial charge on any atom is -0.485 e. The Kier molecular flexibility index (Phi) is 3.01. The van der Waals surface area contributed by atoms with Gasteiger partial charge < -0.3 is 13.9 Å². The van der Waals surface area contributed by atoms with Gasteiger partial charge in [-0.05, 0) is 31.5 Å². The van der Waals surface area contributed by atoms with Crippen LogP contribution in [0, 0.1) is 0 Å². The summed E-state index contributed by atoms with van der Waals surface area (Å²) in [6, 6.07) is 6.78. The molecule has 0 spiro atoms. The SMILES string of the molecule is CC(=O)OC(C)(C)[C@H]1Cc2cc3ccc(=O)oc3cc2O1. The van der Waals surface area contributed by atoms with Gasteiger partial charge in [0.2, 0.25) is 0 Å². The molecule has 1 aromatic heterocycles. The third-order valence-corrected chi connectivity index (χ3v) is 3.66. The standard InChI is InChI=1S/C16H16O5/c1-9(17)21-16(2,3)14-7-11-6-10-4-5-15(18)20-12(10)8-13(11)19-14/h4-6,8,14H,7H2,1-3H3/t14-/m1/s1. The van der Waals surface area contributed by atoms with Crippen LogP contribution in [0.25, 0.3) is 11.0 Å². The normalized spacial score (nSPS) is 17.4. The summed E-state index contributed by atoms with van der Waals surface area (Å²) in [5, 5.41) is 0.850. The summed E-state index contributed by atoms with van der Waals surface area (Å²) in [6.45, 7) is 5.03. The summed E-state index contributed by atoms with van der Waals surface area (Å²) < 4.78 is 16.4. The average molecular weight is 288 g/mol. The zero-order chi connectivity index (χ0) is 15.2. The van der Waals surface area contributed by atoms with Crippen LogP contribution in [0.2, 0.25) is 0 Å². The fourth-order valence-electron chi connectivity index (χ4n) is 2.63. The van der Waals surface area contributed by atoms with E-state index in [0.29, 0.717) is 17.8 Å². The van der Waals surface area contributed by atoms with Gasteiger partial charge in [-0.2, -0.15) is 0 Å². The molecule has 2 heterocycles. The number of carbonyl (C=O) groups excluding carboxylic acids is 1. The van der Waals surface area contributed by atoms with Gasteiger partial charge in [-0.1, -0.05) is 0 Å². The number of fused-ring (bicyclic) bond motifs is 2. The zero-order valence-corrected chi connectivity index (χ0v) is 12.1. The van der Waals surface area contributed by atoms with Gasteiger partial charge in [-0.15, -0.1) is 0 Å². The van der Waals surface area contributed by atoms with Crippen LogP contribution in [0.1, 0.15) is 26.3 Å². The van der Waals surface area contributed by atoms with Crippen LogP contribution in [0.15, 0.2) is 33.5 Å². The molecule has 0 saturated carbocycles. The van der Waals surface area contributed by atoms with Crippen molar-refractivity contribution in [3.63, 3.8) is 0 Å². The number of benzene rings is 1. The van der Waals surface area contributed by atoms with Crippen LogP contribution in [0.3, 0.4) is 0 Å². The van der Waals surface area contributed by atoms with E-state index in [4.69, 9.17) is 13.9 Å². The lowest BCUT2D eigenvalue weighted by Gasteiger charge is -2.30. The fraction of sp³-hybridized carbons (Fsp3) is 0.375. The number of ether oxygens (including phenoxy) is 2. The van der Waals surface area contributed by atoms with Crippen molar-refractivity contribution in [1.29, 1.82) is 0 Å². The van der Waals surface area contributed by atoms with E-state index in [-0.39, 0.29) is 12.1 Å². The second-order valence-electron chi connectivity index (χ2n) is 5.76. The van der Waals surface area contributed by atoms with Gasteiger partial charge in [0, 0.05) is 30.9 Å². The number of hydrogen-bond acceptors (Lipinski definition) is 5. The van der Waals surface area contributed by atoms with Crippen LogP contribution >= 0.6 is 0 Å². The molecular formula is C16H16O5. The Morgan fingerprint density at radius 2 is 2.10 bits per heavy atom. The summed E-state index contributed by atoms with van der Waals surface area (Å²) in [6.07, 6.45) is 0.380. The van der Waals surface area contributed by atoms with E-state index in [9.17, 15) is 9.59 Å². The lowest BCUT2D eigenvalue weighted by Crippen LogP contribution is -2.43. The number of carbonyl (C=O) groups is 1. The van der Waals surface area contributed by atoms with Crippen LogP contribution < -0.4 is 10.4 Å². The molecule has 0 unspecified atom stereocenters. The van der Waals surface area contributed by atoms with Crippen molar-refractivity contribution in [1.82, 2.24) is 0 Å². The molecule has 0 amide bonds. The molecule has 0 radical (unpaired) electrons. The monoisotopic (exact) mass is 288 g/mol. The average Bonchev–Trinajstić information content (AvgIpc) is 2.78. The number of esters is 1. The topological polar surface area (TPSA) is 65.7 Å². The van der Waals surface area contributed by atoms with Crippen molar-refractivity contribution in [2.45, 2.75) is 38.9 Å². The molecular weight excluding hydrogens is 272 g/mol. The third kappa shape index (κ3) is 2.51. The third-order valence-electron chi connectivity index (χ3n) is 3.66. The largest absolute Gasteiger partial charge is 0.485 e. The molecule has 5 nitrogen and oxygen atoms in total. The Labute approximate surface area is 121 Å². The number of rotatable bonds is 2. The first-order valence-electron chi connectivity index (χ1n) is 6.78. The maximum absolute atomic E-state index is 11.3. The van der Waals surface area contributed by atoms with Gasteiger partial charge >= 0.3 is 11.6 Å². The van der Waals surface area contributed by atoms with Crippen molar-refractivity contribution >= 4 is 16.9 Å². The van der Waals surface area contributed by atoms with Crippen LogP contribution in [0.4, 0.5) is 0 Å². The highest BCUT2D eigenvalue weighted by Crippen LogP contribution is 2.37. The van der Waals surface area contributed by atoms with Crippen molar-refractivity contribution in [2.75, 3.05) is 0 Å². The highest BCUT2D eigenvalue weighted by molar-refractivity contribution is 5.79. The molecule has 1 aromatic carbocycles. The minimum absolute atomic E-state index is 0.264. The fourth-order valence-corrected chi connectivity index (χ4v) is 2.63. The van der Waals surface area contributed by atoms with Crippen molar-refractivity contribution < 1.29 is 18.7 Å². The summed E-state index contributed by atoms with van der Waals surface area (Å²) in [7, 11) is 0. The van der Waals surface area contributed by atoms with Crippen molar-refractivity contribution in [3.05, 3.63) is 40.2 Å². The molecule has 1 aliphatic rings. The van der Waals surface area contributed by atoms with E-state index in [1.807, 2.05) is 19.9 Å². The van der Waals surface area contributed by atoms with Gasteiger partial charge in [0.05, 0.1) is 0 Å². The predicted octanol–water partition coefficient (Wildman–Crippen LogP) is 2.44. The zero-order valence-electron chi connectivity index (χ0n) is 12.1. The first kappa shape index (κ1) is 13.7. The molecule has 110 valence electrons. The summed E-state index contributed by atoms with van der Waals surface area (Å²) in [5.41, 5.74) is 0.392. The van der Waals surface area contributed by atoms with Gasteiger partial charge in [-0.3, -0.25) is 4.79 Å². The molecule has 0 aliphatic carbocycles. The van der Waals surface area contributed by atoms with Crippen molar-refractivity contribution in [3.8, 4) is 5.75 Å². The smallest absolute Gasteiger partial charge is 0.336 e. The molecule has 0 saturated heterocycles. The van der Waals surface area contributed by atoms with E-state index in [1.54, 1.807) is 12.1 Å². The molecule has 1 aliphatic heterocycles. The van der Waals surface area contributed by atoms with Gasteiger partial charge in [-0.25, -0.2) is 4.79 Å². The van der Waals surface area contributed by atoms with E-state index in [2.05, 4.69) is 0 Å². The first-order chi connectivity index (χ1) is 9.85. The second-order valence-corrected chi connectivity index (χ2v) is 5.76. The quantitative estimate of drug-likeness (QED) is 0.627. The summed E-state index contributed by atoms with van der Waals surface area (Å²) in [5.74, 6) is 0.331. The molecule has 1 atom stereocenters. The maximum Gasteiger partial charge on any atom is 0.336 e. The Balaban J connectivity index is 1.95. The molecule has 21 heavy (non-hydrogen) atoms. The summed E-state index contributed by atoms with van der Waals surface area (Å²) >= 11 is 0. The van der Waals surface area contributed by atoms with Crippen LogP contribution in [0.5, 0.6) is 5.75 Å². The predicted molar refractivity (Wildman–Crippen MR) is 76.4 cm³/mol. The second kappa shape index (κ2) is 4.62. The Morgan fingerprint density at radius 3 is 2.81 bits per heavy atom. The van der Waals surface area contributed by atoms with E-state index >= 15 is 0 Å². The Bertz CT molecular complexity index is 772. The molecule has 0 N–H and O–H groups in total. The van der Waals surface area contributed by atoms with Crippen LogP contribution in [-0.4, -0.2) is 17.7 Å². The Morgan fingerprint density at radius 1 is 1.33 bits per heavy atom. The minimum atomic E-state index is -0.724. The summed E-state index contributed by atoms with van der Waals surface area (Å²) in [4.78, 5) is 22.5. The molecule has 0 fully saturated rings. The van der Waals surface area contributed by atoms with E-state index in [0.717, 1.165) is 10.9 Å². The molecule has 2 aromatic rings. The van der Waals surface area contributed by atoms with Gasteiger partial charge in [0.1, 0.15) is 23.0 Å². The molecule has 0 bridgehead atoms. The van der Waals surface area contributed by atoms with Gasteiger partial charge in [0.25, 0.3) is 0 Å². The molecule has 5 heteroatoms. The number of hydrogen-bond donors (Lipinski definition) is 0. The maximum atomic E-state index is 11.3.